The van der Waals surface area contributed by atoms with Crippen molar-refractivity contribution in [3.63, 3.8) is 0 Å². The number of carbonyl (C=O) groups excluding carboxylic acids is 1. The van der Waals surface area contributed by atoms with Crippen LogP contribution in [0.3, 0.4) is 0 Å². The van der Waals surface area contributed by atoms with Gasteiger partial charge in [-0.3, -0.25) is 0 Å². The fraction of sp³-hybridized carbons (Fsp3) is 0.375. The number of hydrogen-bond donors (Lipinski definition) is 2. The maximum atomic E-state index is 11.8. The van der Waals surface area contributed by atoms with E-state index in [2.05, 4.69) is 15.7 Å². The number of aromatic nitrogens is 2. The van der Waals surface area contributed by atoms with Crippen molar-refractivity contribution in [3.05, 3.63) is 48.3 Å². The van der Waals surface area contributed by atoms with Crippen LogP contribution < -0.4 is 10.6 Å². The molecule has 2 heterocycles. The molecule has 2 aromatic rings. The molecule has 1 fully saturated rings. The fourth-order valence-corrected chi connectivity index (χ4v) is 2.40. The van der Waals surface area contributed by atoms with Crippen molar-refractivity contribution >= 4 is 6.03 Å². The van der Waals surface area contributed by atoms with E-state index in [4.69, 9.17) is 4.74 Å². The second-order valence-electron chi connectivity index (χ2n) is 5.42. The number of nitrogens with zero attached hydrogens (tertiary/aromatic N) is 2. The van der Waals surface area contributed by atoms with Gasteiger partial charge in [0.1, 0.15) is 0 Å². The third kappa shape index (κ3) is 3.85. The van der Waals surface area contributed by atoms with Gasteiger partial charge in [0.2, 0.25) is 0 Å². The van der Waals surface area contributed by atoms with Gasteiger partial charge in [-0.25, -0.2) is 9.48 Å². The lowest BCUT2D eigenvalue weighted by molar-refractivity contribution is 0.185. The van der Waals surface area contributed by atoms with Crippen LogP contribution in [-0.2, 0) is 11.3 Å². The molecule has 1 aromatic carbocycles. The highest BCUT2D eigenvalue weighted by atomic mass is 16.5. The monoisotopic (exact) mass is 300 g/mol. The number of rotatable bonds is 5. The van der Waals surface area contributed by atoms with E-state index in [1.54, 1.807) is 10.9 Å². The number of para-hydroxylation sites is 1. The Bertz CT molecular complexity index is 606. The van der Waals surface area contributed by atoms with Crippen molar-refractivity contribution in [2.24, 2.45) is 5.92 Å². The van der Waals surface area contributed by atoms with Gasteiger partial charge in [0, 0.05) is 37.4 Å². The molecule has 1 aliphatic heterocycles. The predicted octanol–water partition coefficient (Wildman–Crippen LogP) is 1.71. The van der Waals surface area contributed by atoms with E-state index in [1.165, 1.54) is 0 Å². The molecule has 0 radical (unpaired) electrons. The average molecular weight is 300 g/mol. The number of hydrogen-bond acceptors (Lipinski definition) is 3. The Hall–Kier alpha value is -2.34. The first kappa shape index (κ1) is 14.6. The molecule has 1 atom stereocenters. The van der Waals surface area contributed by atoms with Crippen LogP contribution in [0, 0.1) is 5.92 Å². The lowest BCUT2D eigenvalue weighted by atomic mass is 10.1. The minimum atomic E-state index is -0.153. The highest BCUT2D eigenvalue weighted by Gasteiger charge is 2.16. The summed E-state index contributed by atoms with van der Waals surface area (Å²) in [4.78, 5) is 11.8. The first-order valence-corrected chi connectivity index (χ1v) is 7.49. The number of benzene rings is 1. The van der Waals surface area contributed by atoms with Crippen LogP contribution in [0.25, 0.3) is 5.69 Å². The summed E-state index contributed by atoms with van der Waals surface area (Å²) in [6.07, 6.45) is 4.70. The van der Waals surface area contributed by atoms with Crippen molar-refractivity contribution in [3.8, 4) is 5.69 Å². The van der Waals surface area contributed by atoms with Gasteiger partial charge in [-0.15, -0.1) is 0 Å². The normalized spacial score (nSPS) is 17.4. The molecule has 1 saturated heterocycles. The predicted molar refractivity (Wildman–Crippen MR) is 82.7 cm³/mol. The zero-order valence-electron chi connectivity index (χ0n) is 12.4. The summed E-state index contributed by atoms with van der Waals surface area (Å²) in [5.74, 6) is 0.437. The molecule has 0 unspecified atom stereocenters. The molecule has 3 rings (SSSR count). The molecule has 6 heteroatoms. The lowest BCUT2D eigenvalue weighted by Crippen LogP contribution is -2.37. The van der Waals surface area contributed by atoms with Gasteiger partial charge < -0.3 is 15.4 Å². The first-order valence-electron chi connectivity index (χ1n) is 7.49. The van der Waals surface area contributed by atoms with E-state index < -0.39 is 0 Å². The summed E-state index contributed by atoms with van der Waals surface area (Å²) in [6, 6.07) is 9.72. The van der Waals surface area contributed by atoms with Crippen LogP contribution >= 0.6 is 0 Å². The Morgan fingerprint density at radius 1 is 1.32 bits per heavy atom. The number of amides is 2. The van der Waals surface area contributed by atoms with Crippen LogP contribution in [0.5, 0.6) is 0 Å². The van der Waals surface area contributed by atoms with Crippen molar-refractivity contribution in [1.82, 2.24) is 20.4 Å². The second kappa shape index (κ2) is 7.09. The highest BCUT2D eigenvalue weighted by Crippen LogP contribution is 2.10. The summed E-state index contributed by atoms with van der Waals surface area (Å²) in [5, 5.41) is 10.0. The minimum absolute atomic E-state index is 0.153. The van der Waals surface area contributed by atoms with Gasteiger partial charge in [-0.05, 0) is 18.6 Å². The molecule has 1 aliphatic rings. The summed E-state index contributed by atoms with van der Waals surface area (Å²) in [7, 11) is 0. The topological polar surface area (TPSA) is 68.2 Å². The van der Waals surface area contributed by atoms with Crippen LogP contribution in [0.4, 0.5) is 4.79 Å². The van der Waals surface area contributed by atoms with Crippen molar-refractivity contribution < 1.29 is 9.53 Å². The Balaban J connectivity index is 1.45. The summed E-state index contributed by atoms with van der Waals surface area (Å²) < 4.78 is 7.08. The van der Waals surface area contributed by atoms with Gasteiger partial charge in [-0.2, -0.15) is 5.10 Å². The quantitative estimate of drug-likeness (QED) is 0.883. The van der Waals surface area contributed by atoms with E-state index in [0.717, 1.165) is 30.9 Å². The molecule has 6 nitrogen and oxygen atoms in total. The molecule has 2 N–H and O–H groups in total. The molecule has 0 bridgehead atoms. The van der Waals surface area contributed by atoms with Gasteiger partial charge in [0.25, 0.3) is 0 Å². The zero-order chi connectivity index (χ0) is 15.2. The standard InChI is InChI=1S/C16H20N4O2/c21-16(17-8-13-6-7-22-12-13)18-9-14-10-19-20(11-14)15-4-2-1-3-5-15/h1-5,10-11,13H,6-9,12H2,(H2,17,18,21)/t13-/m1/s1. The Morgan fingerprint density at radius 2 is 2.18 bits per heavy atom. The Morgan fingerprint density at radius 3 is 2.95 bits per heavy atom. The Labute approximate surface area is 129 Å². The van der Waals surface area contributed by atoms with Crippen molar-refractivity contribution in [2.75, 3.05) is 19.8 Å². The van der Waals surface area contributed by atoms with Gasteiger partial charge >= 0.3 is 6.03 Å². The summed E-state index contributed by atoms with van der Waals surface area (Å²) in [5.41, 5.74) is 1.96. The molecule has 1 aromatic heterocycles. The van der Waals surface area contributed by atoms with E-state index in [-0.39, 0.29) is 6.03 Å². The summed E-state index contributed by atoms with van der Waals surface area (Å²) >= 11 is 0. The van der Waals surface area contributed by atoms with Gasteiger partial charge in [0.15, 0.2) is 0 Å². The highest BCUT2D eigenvalue weighted by molar-refractivity contribution is 5.73. The SMILES string of the molecule is O=C(NCc1cnn(-c2ccccc2)c1)NC[C@H]1CCOC1. The molecule has 0 saturated carbocycles. The zero-order valence-corrected chi connectivity index (χ0v) is 12.4. The maximum Gasteiger partial charge on any atom is 0.315 e. The maximum absolute atomic E-state index is 11.8. The second-order valence-corrected chi connectivity index (χ2v) is 5.42. The number of carbonyl (C=O) groups is 1. The average Bonchev–Trinajstić information content (AvgIpc) is 3.23. The van der Waals surface area contributed by atoms with Gasteiger partial charge in [-0.1, -0.05) is 18.2 Å². The largest absolute Gasteiger partial charge is 0.381 e. The molecule has 0 spiro atoms. The van der Waals surface area contributed by atoms with E-state index in [1.807, 2.05) is 36.5 Å². The van der Waals surface area contributed by atoms with Crippen LogP contribution in [0.15, 0.2) is 42.7 Å². The fourth-order valence-electron chi connectivity index (χ4n) is 2.40. The molecule has 0 aliphatic carbocycles. The van der Waals surface area contributed by atoms with Gasteiger partial charge in [0.05, 0.1) is 18.5 Å². The molecular formula is C16H20N4O2. The number of ether oxygens (including phenoxy) is 1. The van der Waals surface area contributed by atoms with Crippen LogP contribution in [-0.4, -0.2) is 35.6 Å². The van der Waals surface area contributed by atoms with Crippen LogP contribution in [0.1, 0.15) is 12.0 Å². The van der Waals surface area contributed by atoms with Crippen molar-refractivity contribution in [2.45, 2.75) is 13.0 Å². The number of urea groups is 1. The van der Waals surface area contributed by atoms with E-state index in [9.17, 15) is 4.79 Å². The van der Waals surface area contributed by atoms with E-state index in [0.29, 0.717) is 19.0 Å². The smallest absolute Gasteiger partial charge is 0.315 e. The number of nitrogens with one attached hydrogen (secondary N) is 2. The lowest BCUT2D eigenvalue weighted by Gasteiger charge is -2.10. The van der Waals surface area contributed by atoms with E-state index >= 15 is 0 Å². The first-order chi connectivity index (χ1) is 10.8. The van der Waals surface area contributed by atoms with Crippen molar-refractivity contribution in [1.29, 1.82) is 0 Å². The van der Waals surface area contributed by atoms with Crippen LogP contribution in [0.2, 0.25) is 0 Å². The molecule has 2 amide bonds. The third-order valence-corrected chi connectivity index (χ3v) is 3.69. The molecular weight excluding hydrogens is 280 g/mol. The third-order valence-electron chi connectivity index (χ3n) is 3.69. The summed E-state index contributed by atoms with van der Waals surface area (Å²) in [6.45, 7) is 2.66. The Kier molecular flexibility index (Phi) is 4.70. The molecule has 22 heavy (non-hydrogen) atoms. The molecule has 116 valence electrons. The minimum Gasteiger partial charge on any atom is -0.381 e.